The Hall–Kier alpha value is -2.32. The third-order valence-corrected chi connectivity index (χ3v) is 3.61. The molecule has 22 heavy (non-hydrogen) atoms. The smallest absolute Gasteiger partial charge is 0.407 e. The molecule has 1 N–H and O–H groups in total. The van der Waals surface area contributed by atoms with Gasteiger partial charge in [0.25, 0.3) is 0 Å². The zero-order valence-electron chi connectivity index (χ0n) is 12.8. The highest BCUT2D eigenvalue weighted by Crippen LogP contribution is 2.24. The van der Waals surface area contributed by atoms with E-state index in [9.17, 15) is 4.79 Å². The first-order valence-corrected chi connectivity index (χ1v) is 7.68. The Morgan fingerprint density at radius 2 is 2.27 bits per heavy atom. The molecule has 0 aliphatic carbocycles. The number of amides is 1. The summed E-state index contributed by atoms with van der Waals surface area (Å²) in [5.74, 6) is 2.45. The summed E-state index contributed by atoms with van der Waals surface area (Å²) in [4.78, 5) is 16.1. The molecule has 0 aliphatic heterocycles. The molecule has 2 rings (SSSR count). The first-order chi connectivity index (χ1) is 10.4. The standard InChI is InChI=1S/C17H18N2O2S/c1-5-6-7-15-19-13-9-8-12(10-14(13)22-15)11-18-16(20)21-17(2,3)4/h1,6-10H,11H2,2-4H3,(H,18,20). The minimum atomic E-state index is -0.496. The number of allylic oxidation sites excluding steroid dienone is 1. The highest BCUT2D eigenvalue weighted by Gasteiger charge is 2.15. The fraction of sp³-hybridized carbons (Fsp3) is 0.294. The van der Waals surface area contributed by atoms with E-state index in [2.05, 4.69) is 16.2 Å². The summed E-state index contributed by atoms with van der Waals surface area (Å²) >= 11 is 1.56. The quantitative estimate of drug-likeness (QED) is 0.872. The van der Waals surface area contributed by atoms with E-state index in [1.54, 1.807) is 17.4 Å². The highest BCUT2D eigenvalue weighted by molar-refractivity contribution is 7.19. The average Bonchev–Trinajstić information content (AvgIpc) is 2.83. The summed E-state index contributed by atoms with van der Waals surface area (Å²) in [5.41, 5.74) is 1.42. The van der Waals surface area contributed by atoms with Gasteiger partial charge in [-0.15, -0.1) is 17.8 Å². The van der Waals surface area contributed by atoms with Crippen molar-refractivity contribution in [2.75, 3.05) is 0 Å². The van der Waals surface area contributed by atoms with Crippen LogP contribution in [0, 0.1) is 12.3 Å². The Labute approximate surface area is 134 Å². The minimum absolute atomic E-state index is 0.415. The topological polar surface area (TPSA) is 51.2 Å². The molecule has 1 aromatic carbocycles. The molecule has 2 aromatic rings. The number of carbonyl (C=O) groups excluding carboxylic acids is 1. The number of hydrogen-bond acceptors (Lipinski definition) is 4. The van der Waals surface area contributed by atoms with Gasteiger partial charge in [-0.1, -0.05) is 12.0 Å². The van der Waals surface area contributed by atoms with Crippen molar-refractivity contribution in [2.45, 2.75) is 32.9 Å². The van der Waals surface area contributed by atoms with Crippen LogP contribution >= 0.6 is 11.3 Å². The van der Waals surface area contributed by atoms with Crippen molar-refractivity contribution in [2.24, 2.45) is 0 Å². The van der Waals surface area contributed by atoms with Gasteiger partial charge in [-0.05, 0) is 50.6 Å². The van der Waals surface area contributed by atoms with Crippen LogP contribution < -0.4 is 5.32 Å². The van der Waals surface area contributed by atoms with Crippen LogP contribution in [0.15, 0.2) is 24.3 Å². The van der Waals surface area contributed by atoms with Crippen molar-refractivity contribution >= 4 is 33.7 Å². The van der Waals surface area contributed by atoms with Crippen LogP contribution in [0.25, 0.3) is 16.3 Å². The van der Waals surface area contributed by atoms with Gasteiger partial charge in [0, 0.05) is 6.54 Å². The maximum absolute atomic E-state index is 11.6. The third-order valence-electron chi connectivity index (χ3n) is 2.63. The van der Waals surface area contributed by atoms with Crippen molar-refractivity contribution in [3.8, 4) is 12.3 Å². The normalized spacial score (nSPS) is 11.5. The molecule has 1 amide bonds. The van der Waals surface area contributed by atoms with Crippen LogP contribution in [0.2, 0.25) is 0 Å². The first-order valence-electron chi connectivity index (χ1n) is 6.86. The Kier molecular flexibility index (Phi) is 4.84. The Morgan fingerprint density at radius 3 is 2.95 bits per heavy atom. The number of aromatic nitrogens is 1. The number of nitrogens with one attached hydrogen (secondary N) is 1. The molecule has 0 unspecified atom stereocenters. The molecular weight excluding hydrogens is 296 g/mol. The molecule has 0 spiro atoms. The number of carbonyl (C=O) groups is 1. The molecule has 0 bridgehead atoms. The lowest BCUT2D eigenvalue weighted by atomic mass is 10.2. The number of ether oxygens (including phenoxy) is 1. The number of hydrogen-bond donors (Lipinski definition) is 1. The van der Waals surface area contributed by atoms with E-state index < -0.39 is 11.7 Å². The second-order valence-corrected chi connectivity index (χ2v) is 6.77. The van der Waals surface area contributed by atoms with Gasteiger partial charge in [0.15, 0.2) is 0 Å². The zero-order chi connectivity index (χ0) is 16.2. The number of terminal acetylenes is 1. The zero-order valence-corrected chi connectivity index (χ0v) is 13.7. The molecule has 4 nitrogen and oxygen atoms in total. The lowest BCUT2D eigenvalue weighted by Gasteiger charge is -2.19. The second-order valence-electron chi connectivity index (χ2n) is 5.71. The van der Waals surface area contributed by atoms with Gasteiger partial charge in [0.2, 0.25) is 0 Å². The molecule has 0 aliphatic rings. The van der Waals surface area contributed by atoms with E-state index in [4.69, 9.17) is 11.2 Å². The van der Waals surface area contributed by atoms with E-state index in [-0.39, 0.29) is 0 Å². The number of benzene rings is 1. The largest absolute Gasteiger partial charge is 0.444 e. The fourth-order valence-corrected chi connectivity index (χ4v) is 2.71. The SMILES string of the molecule is C#CC=Cc1nc2ccc(CNC(=O)OC(C)(C)C)cc2s1. The van der Waals surface area contributed by atoms with Crippen LogP contribution in [-0.2, 0) is 11.3 Å². The number of alkyl carbamates (subject to hydrolysis) is 1. The average molecular weight is 314 g/mol. The number of nitrogens with zero attached hydrogens (tertiary/aromatic N) is 1. The lowest BCUT2D eigenvalue weighted by Crippen LogP contribution is -2.32. The second kappa shape index (κ2) is 6.63. The fourth-order valence-electron chi connectivity index (χ4n) is 1.78. The summed E-state index contributed by atoms with van der Waals surface area (Å²) in [6.45, 7) is 5.92. The van der Waals surface area contributed by atoms with E-state index in [0.29, 0.717) is 6.54 Å². The van der Waals surface area contributed by atoms with Gasteiger partial charge in [-0.2, -0.15) is 0 Å². The minimum Gasteiger partial charge on any atom is -0.444 e. The summed E-state index contributed by atoms with van der Waals surface area (Å²) in [7, 11) is 0. The van der Waals surface area contributed by atoms with Gasteiger partial charge in [0.05, 0.1) is 10.2 Å². The van der Waals surface area contributed by atoms with Crippen molar-refractivity contribution < 1.29 is 9.53 Å². The van der Waals surface area contributed by atoms with E-state index in [0.717, 1.165) is 20.8 Å². The number of rotatable bonds is 3. The van der Waals surface area contributed by atoms with E-state index in [1.807, 2.05) is 45.0 Å². The molecule has 0 radical (unpaired) electrons. The van der Waals surface area contributed by atoms with Gasteiger partial charge in [-0.3, -0.25) is 0 Å². The van der Waals surface area contributed by atoms with Gasteiger partial charge in [-0.25, -0.2) is 9.78 Å². The predicted octanol–water partition coefficient (Wildman–Crippen LogP) is 3.97. The van der Waals surface area contributed by atoms with Crippen LogP contribution in [0.5, 0.6) is 0 Å². The molecule has 1 heterocycles. The summed E-state index contributed by atoms with van der Waals surface area (Å²) in [6.07, 6.45) is 8.21. The maximum atomic E-state index is 11.6. The van der Waals surface area contributed by atoms with E-state index in [1.165, 1.54) is 0 Å². The molecule has 0 fully saturated rings. The van der Waals surface area contributed by atoms with Crippen LogP contribution in [0.3, 0.4) is 0 Å². The summed E-state index contributed by atoms with van der Waals surface area (Å²) in [6, 6.07) is 5.89. The van der Waals surface area contributed by atoms with Crippen molar-refractivity contribution in [1.82, 2.24) is 10.3 Å². The molecule has 0 saturated carbocycles. The van der Waals surface area contributed by atoms with E-state index >= 15 is 0 Å². The van der Waals surface area contributed by atoms with Crippen LogP contribution in [0.1, 0.15) is 31.3 Å². The summed E-state index contributed by atoms with van der Waals surface area (Å²) < 4.78 is 6.26. The maximum Gasteiger partial charge on any atom is 0.407 e. The third kappa shape index (κ3) is 4.61. The lowest BCUT2D eigenvalue weighted by molar-refractivity contribution is 0.0523. The van der Waals surface area contributed by atoms with Gasteiger partial charge >= 0.3 is 6.09 Å². The van der Waals surface area contributed by atoms with Crippen molar-refractivity contribution in [1.29, 1.82) is 0 Å². The van der Waals surface area contributed by atoms with Crippen LogP contribution in [0.4, 0.5) is 4.79 Å². The van der Waals surface area contributed by atoms with Gasteiger partial charge < -0.3 is 10.1 Å². The molecule has 114 valence electrons. The molecule has 0 atom stereocenters. The molecule has 5 heteroatoms. The highest BCUT2D eigenvalue weighted by atomic mass is 32.1. The Balaban J connectivity index is 2.05. The molecular formula is C17H18N2O2S. The summed E-state index contributed by atoms with van der Waals surface area (Å²) in [5, 5.41) is 3.61. The first kappa shape index (κ1) is 16.1. The number of fused-ring (bicyclic) bond motifs is 1. The predicted molar refractivity (Wildman–Crippen MR) is 90.6 cm³/mol. The Morgan fingerprint density at radius 1 is 1.50 bits per heavy atom. The monoisotopic (exact) mass is 314 g/mol. The molecule has 0 saturated heterocycles. The van der Waals surface area contributed by atoms with Crippen molar-refractivity contribution in [3.63, 3.8) is 0 Å². The van der Waals surface area contributed by atoms with Crippen LogP contribution in [-0.4, -0.2) is 16.7 Å². The Bertz CT molecular complexity index is 748. The number of thiazole rings is 1. The van der Waals surface area contributed by atoms with Gasteiger partial charge in [0.1, 0.15) is 10.6 Å². The molecule has 1 aromatic heterocycles. The van der Waals surface area contributed by atoms with Crippen molar-refractivity contribution in [3.05, 3.63) is 34.8 Å².